The Morgan fingerprint density at radius 3 is 2.39 bits per heavy atom. The lowest BCUT2D eigenvalue weighted by Crippen LogP contribution is -2.31. The van der Waals surface area contributed by atoms with Crippen molar-refractivity contribution in [1.29, 1.82) is 0 Å². The molecule has 8 heteroatoms. The monoisotopic (exact) mass is 388 g/mol. The summed E-state index contributed by atoms with van der Waals surface area (Å²) < 4.78 is 19.3. The van der Waals surface area contributed by atoms with Gasteiger partial charge in [-0.3, -0.25) is 14.4 Å². The van der Waals surface area contributed by atoms with Gasteiger partial charge in [-0.05, 0) is 18.6 Å². The number of cyclic esters (lactones) is 2. The van der Waals surface area contributed by atoms with E-state index in [2.05, 4.69) is 4.74 Å². The van der Waals surface area contributed by atoms with E-state index in [4.69, 9.17) is 14.2 Å². The minimum Gasteiger partial charge on any atom is -0.462 e. The van der Waals surface area contributed by atoms with Crippen LogP contribution in [0.3, 0.4) is 0 Å². The molecule has 1 aromatic rings. The van der Waals surface area contributed by atoms with E-state index in [9.17, 15) is 19.2 Å². The van der Waals surface area contributed by atoms with E-state index >= 15 is 0 Å². The molecule has 4 heterocycles. The van der Waals surface area contributed by atoms with E-state index in [1.807, 2.05) is 30.4 Å². The smallest absolute Gasteiger partial charge is 0.338 e. The third-order valence-corrected chi connectivity index (χ3v) is 4.63. The lowest BCUT2D eigenvalue weighted by Gasteiger charge is -2.16. The van der Waals surface area contributed by atoms with Crippen LogP contribution in [0.2, 0.25) is 0 Å². The fourth-order valence-electron chi connectivity index (χ4n) is 3.42. The molecule has 0 amide bonds. The Labute approximate surface area is 161 Å². The van der Waals surface area contributed by atoms with E-state index in [1.54, 1.807) is 6.07 Å². The predicted molar refractivity (Wildman–Crippen MR) is 93.8 cm³/mol. The maximum absolute atomic E-state index is 11.1. The molecular weight excluding hydrogens is 368 g/mol. The van der Waals surface area contributed by atoms with E-state index in [-0.39, 0.29) is 29.6 Å². The zero-order valence-corrected chi connectivity index (χ0v) is 15.5. The van der Waals surface area contributed by atoms with E-state index < -0.39 is 11.9 Å². The fraction of sp³-hybridized carbons (Fsp3) is 0.400. The fourth-order valence-corrected chi connectivity index (χ4v) is 3.42. The molecule has 1 aromatic carbocycles. The minimum atomic E-state index is -0.562. The molecule has 8 nitrogen and oxygen atoms in total. The van der Waals surface area contributed by atoms with Crippen molar-refractivity contribution in [2.45, 2.75) is 38.6 Å². The number of hydrogen-bond donors (Lipinski definition) is 0. The second-order valence-corrected chi connectivity index (χ2v) is 6.68. The summed E-state index contributed by atoms with van der Waals surface area (Å²) in [5, 5.41) is 0. The molecule has 2 fully saturated rings. The van der Waals surface area contributed by atoms with Crippen LogP contribution in [0.25, 0.3) is 0 Å². The van der Waals surface area contributed by atoms with Crippen molar-refractivity contribution in [2.75, 3.05) is 6.61 Å². The molecule has 0 N–H and O–H groups in total. The van der Waals surface area contributed by atoms with Crippen molar-refractivity contribution in [3.05, 3.63) is 47.5 Å². The zero-order valence-electron chi connectivity index (χ0n) is 15.5. The topological polar surface area (TPSA) is 105 Å². The highest BCUT2D eigenvalue weighted by atomic mass is 16.6. The molecule has 0 aliphatic carbocycles. The normalized spacial score (nSPS) is 27.4. The highest BCUT2D eigenvalue weighted by Crippen LogP contribution is 2.47. The van der Waals surface area contributed by atoms with Crippen LogP contribution in [0.4, 0.5) is 0 Å². The highest BCUT2D eigenvalue weighted by molar-refractivity contribution is 5.93. The van der Waals surface area contributed by atoms with Crippen molar-refractivity contribution in [3.63, 3.8) is 0 Å². The summed E-state index contributed by atoms with van der Waals surface area (Å²) in [6.07, 6.45) is 5.00. The Balaban J connectivity index is 0.000000125. The van der Waals surface area contributed by atoms with Crippen molar-refractivity contribution < 1.29 is 38.1 Å². The first-order valence-electron chi connectivity index (χ1n) is 8.78. The van der Waals surface area contributed by atoms with Crippen LogP contribution in [-0.2, 0) is 39.9 Å². The number of esters is 4. The SMILES string of the molecule is CC(=O)OC(C)=O.O=C1OC[C@]23C=C[C@H](CC12)O3.O=C1OCc2ccccc21. The lowest BCUT2D eigenvalue weighted by atomic mass is 9.86. The quantitative estimate of drug-likeness (QED) is 0.286. The molecule has 0 saturated carbocycles. The molecular formula is C20H20O8. The first-order valence-corrected chi connectivity index (χ1v) is 8.78. The van der Waals surface area contributed by atoms with Crippen molar-refractivity contribution in [2.24, 2.45) is 5.92 Å². The molecule has 5 rings (SSSR count). The number of benzene rings is 1. The first-order chi connectivity index (χ1) is 13.3. The number of hydrogen-bond acceptors (Lipinski definition) is 8. The van der Waals surface area contributed by atoms with E-state index in [1.165, 1.54) is 13.8 Å². The molecule has 1 unspecified atom stereocenters. The van der Waals surface area contributed by atoms with Crippen molar-refractivity contribution in [1.82, 2.24) is 0 Å². The molecule has 1 spiro atoms. The Kier molecular flexibility index (Phi) is 5.60. The molecule has 2 bridgehead atoms. The summed E-state index contributed by atoms with van der Waals surface area (Å²) >= 11 is 0. The summed E-state index contributed by atoms with van der Waals surface area (Å²) in [6.45, 7) is 3.22. The van der Waals surface area contributed by atoms with Crippen molar-refractivity contribution >= 4 is 23.9 Å². The van der Waals surface area contributed by atoms with Gasteiger partial charge in [-0.2, -0.15) is 0 Å². The molecule has 0 radical (unpaired) electrons. The molecule has 4 aliphatic heterocycles. The average molecular weight is 388 g/mol. The van der Waals surface area contributed by atoms with Crippen LogP contribution in [-0.4, -0.2) is 42.2 Å². The number of fused-ring (bicyclic) bond motifs is 2. The largest absolute Gasteiger partial charge is 0.462 e. The Bertz CT molecular complexity index is 830. The second kappa shape index (κ2) is 7.93. The van der Waals surface area contributed by atoms with Crippen LogP contribution in [0.1, 0.15) is 36.2 Å². The van der Waals surface area contributed by atoms with Gasteiger partial charge in [0.15, 0.2) is 0 Å². The first kappa shape index (κ1) is 19.8. The summed E-state index contributed by atoms with van der Waals surface area (Å²) in [6, 6.07) is 7.43. The van der Waals surface area contributed by atoms with Gasteiger partial charge in [0.05, 0.1) is 17.6 Å². The molecule has 2 saturated heterocycles. The van der Waals surface area contributed by atoms with E-state index in [0.717, 1.165) is 12.0 Å². The predicted octanol–water partition coefficient (Wildman–Crippen LogP) is 1.71. The standard InChI is InChI=1S/C8H8O3.C8H6O2.C4H6O3/c9-7-6-3-5-1-2-8(6,11-5)4-10-7;9-8-7-4-2-1-3-6(7)5-10-8;1-3(5)7-4(2)6/h1-2,5-6H,3-4H2;1-4H,5H2;1-2H3/t5-,6?,8-;;/m1../s1. The number of rotatable bonds is 0. The van der Waals surface area contributed by atoms with Gasteiger partial charge in [0, 0.05) is 19.4 Å². The van der Waals surface area contributed by atoms with Gasteiger partial charge in [0.25, 0.3) is 0 Å². The Morgan fingerprint density at radius 2 is 1.82 bits per heavy atom. The summed E-state index contributed by atoms with van der Waals surface area (Å²) in [7, 11) is 0. The van der Waals surface area contributed by atoms with Crippen molar-refractivity contribution in [3.8, 4) is 0 Å². The van der Waals surface area contributed by atoms with Gasteiger partial charge in [0.1, 0.15) is 18.8 Å². The lowest BCUT2D eigenvalue weighted by molar-refractivity contribution is -0.156. The van der Waals surface area contributed by atoms with Gasteiger partial charge in [-0.1, -0.05) is 24.3 Å². The summed E-state index contributed by atoms with van der Waals surface area (Å²) in [4.78, 5) is 41.6. The zero-order chi connectivity index (χ0) is 20.3. The van der Waals surface area contributed by atoms with Gasteiger partial charge in [0.2, 0.25) is 0 Å². The summed E-state index contributed by atoms with van der Waals surface area (Å²) in [5.41, 5.74) is 1.34. The molecule has 0 aromatic heterocycles. The van der Waals surface area contributed by atoms with Crippen LogP contribution in [0.5, 0.6) is 0 Å². The van der Waals surface area contributed by atoms with Crippen LogP contribution < -0.4 is 0 Å². The number of carbonyl (C=O) groups excluding carboxylic acids is 4. The number of ether oxygens (including phenoxy) is 4. The Hall–Kier alpha value is -3.00. The minimum absolute atomic E-state index is 0.0162. The molecule has 28 heavy (non-hydrogen) atoms. The third-order valence-electron chi connectivity index (χ3n) is 4.63. The van der Waals surface area contributed by atoms with Crippen LogP contribution in [0, 0.1) is 5.92 Å². The maximum Gasteiger partial charge on any atom is 0.338 e. The molecule has 3 atom stereocenters. The highest BCUT2D eigenvalue weighted by Gasteiger charge is 2.58. The second-order valence-electron chi connectivity index (χ2n) is 6.68. The molecule has 4 aliphatic rings. The van der Waals surface area contributed by atoms with Crippen LogP contribution in [0.15, 0.2) is 36.4 Å². The third kappa shape index (κ3) is 4.12. The Morgan fingerprint density at radius 1 is 1.11 bits per heavy atom. The average Bonchev–Trinajstić information content (AvgIpc) is 3.38. The van der Waals surface area contributed by atoms with Gasteiger partial charge in [-0.15, -0.1) is 0 Å². The maximum atomic E-state index is 11.1. The van der Waals surface area contributed by atoms with Gasteiger partial charge < -0.3 is 18.9 Å². The summed E-state index contributed by atoms with van der Waals surface area (Å²) in [5.74, 6) is -1.43. The van der Waals surface area contributed by atoms with Gasteiger partial charge in [-0.25, -0.2) is 4.79 Å². The van der Waals surface area contributed by atoms with Gasteiger partial charge >= 0.3 is 23.9 Å². The van der Waals surface area contributed by atoms with E-state index in [0.29, 0.717) is 18.8 Å². The molecule has 148 valence electrons. The van der Waals surface area contributed by atoms with Crippen LogP contribution >= 0.6 is 0 Å². The number of carbonyl (C=O) groups is 4.